The number of fused-ring (bicyclic) bond motifs is 1. The molecule has 1 fully saturated rings. The lowest BCUT2D eigenvalue weighted by molar-refractivity contribution is 0.300. The number of hydrogen-bond acceptors (Lipinski definition) is 6. The molecule has 2 aromatic heterocycles. The Balaban J connectivity index is 1.44. The molecule has 0 bridgehead atoms. The molecule has 2 aromatic rings. The molecular formula is C19H22N6O. The maximum absolute atomic E-state index is 12.5. The third-order valence-corrected chi connectivity index (χ3v) is 5.46. The first kappa shape index (κ1) is 16.7. The summed E-state index contributed by atoms with van der Waals surface area (Å²) in [7, 11) is 0. The first-order valence-corrected chi connectivity index (χ1v) is 9.34. The van der Waals surface area contributed by atoms with Crippen molar-refractivity contribution in [1.29, 1.82) is 5.26 Å². The fourth-order valence-electron chi connectivity index (χ4n) is 4.03. The van der Waals surface area contributed by atoms with Gasteiger partial charge in [-0.25, -0.2) is 4.68 Å². The summed E-state index contributed by atoms with van der Waals surface area (Å²) in [5.41, 5.74) is 2.78. The van der Waals surface area contributed by atoms with Crippen LogP contribution in [0.5, 0.6) is 0 Å². The van der Waals surface area contributed by atoms with E-state index < -0.39 is 0 Å². The van der Waals surface area contributed by atoms with Gasteiger partial charge in [0.1, 0.15) is 6.07 Å². The van der Waals surface area contributed by atoms with Gasteiger partial charge in [-0.05, 0) is 63.0 Å². The zero-order valence-electron chi connectivity index (χ0n) is 14.7. The van der Waals surface area contributed by atoms with Gasteiger partial charge in [0.2, 0.25) is 0 Å². The van der Waals surface area contributed by atoms with Gasteiger partial charge in [0, 0.05) is 12.1 Å². The van der Waals surface area contributed by atoms with Crippen molar-refractivity contribution in [3.8, 4) is 6.07 Å². The van der Waals surface area contributed by atoms with Gasteiger partial charge in [0.05, 0.1) is 23.5 Å². The lowest BCUT2D eigenvalue weighted by atomic mass is 9.91. The summed E-state index contributed by atoms with van der Waals surface area (Å²) in [6.07, 6.45) is 9.42. The van der Waals surface area contributed by atoms with Crippen LogP contribution in [0.25, 0.3) is 0 Å². The Morgan fingerprint density at radius 2 is 2.00 bits per heavy atom. The second-order valence-corrected chi connectivity index (χ2v) is 7.16. The van der Waals surface area contributed by atoms with Crippen LogP contribution in [-0.2, 0) is 12.8 Å². The molecule has 0 aliphatic heterocycles. The van der Waals surface area contributed by atoms with Gasteiger partial charge in [0.15, 0.2) is 5.82 Å². The van der Waals surface area contributed by atoms with E-state index in [1.54, 1.807) is 16.8 Å². The summed E-state index contributed by atoms with van der Waals surface area (Å²) >= 11 is 0. The molecule has 7 heteroatoms. The Labute approximate surface area is 152 Å². The fraction of sp³-hybridized carbons (Fsp3) is 0.526. The lowest BCUT2D eigenvalue weighted by Crippen LogP contribution is -2.34. The molecule has 1 N–H and O–H groups in total. The van der Waals surface area contributed by atoms with E-state index >= 15 is 0 Å². The van der Waals surface area contributed by atoms with Crippen molar-refractivity contribution in [2.45, 2.75) is 63.5 Å². The van der Waals surface area contributed by atoms with Crippen LogP contribution in [0.2, 0.25) is 0 Å². The molecule has 134 valence electrons. The lowest BCUT2D eigenvalue weighted by Gasteiger charge is -2.30. The third-order valence-electron chi connectivity index (χ3n) is 5.46. The van der Waals surface area contributed by atoms with Crippen LogP contribution < -0.4 is 10.9 Å². The van der Waals surface area contributed by atoms with E-state index in [1.165, 1.54) is 6.20 Å². The highest BCUT2D eigenvalue weighted by Gasteiger charge is 2.25. The second-order valence-electron chi connectivity index (χ2n) is 7.16. The van der Waals surface area contributed by atoms with Gasteiger partial charge in [0.25, 0.3) is 5.56 Å². The quantitative estimate of drug-likeness (QED) is 0.913. The van der Waals surface area contributed by atoms with E-state index in [2.05, 4.69) is 21.6 Å². The minimum absolute atomic E-state index is 0.0303. The van der Waals surface area contributed by atoms with Crippen LogP contribution >= 0.6 is 0 Å². The minimum Gasteiger partial charge on any atom is -0.365 e. The topological polar surface area (TPSA) is 96.5 Å². The predicted molar refractivity (Wildman–Crippen MR) is 96.8 cm³/mol. The number of anilines is 1. The normalized spacial score (nSPS) is 22.3. The molecule has 2 aliphatic carbocycles. The molecule has 0 amide bonds. The first-order chi connectivity index (χ1) is 12.7. The van der Waals surface area contributed by atoms with E-state index in [0.717, 1.165) is 62.6 Å². The fourth-order valence-corrected chi connectivity index (χ4v) is 4.03. The number of nitriles is 1. The predicted octanol–water partition coefficient (Wildman–Crippen LogP) is 2.38. The number of nitrogens with zero attached hydrogens (tertiary/aromatic N) is 5. The van der Waals surface area contributed by atoms with E-state index in [-0.39, 0.29) is 17.6 Å². The van der Waals surface area contributed by atoms with Gasteiger partial charge in [-0.15, -0.1) is 5.10 Å². The maximum Gasteiger partial charge on any atom is 0.267 e. The van der Waals surface area contributed by atoms with Gasteiger partial charge in [-0.2, -0.15) is 15.5 Å². The van der Waals surface area contributed by atoms with Crippen molar-refractivity contribution in [1.82, 2.24) is 20.0 Å². The average Bonchev–Trinajstić information content (AvgIpc) is 2.68. The Kier molecular flexibility index (Phi) is 4.65. The van der Waals surface area contributed by atoms with Gasteiger partial charge in [-0.3, -0.25) is 4.79 Å². The number of aryl methyl sites for hydroxylation is 2. The highest BCUT2D eigenvalue weighted by molar-refractivity contribution is 5.50. The smallest absolute Gasteiger partial charge is 0.267 e. The molecule has 7 nitrogen and oxygen atoms in total. The second kappa shape index (κ2) is 7.24. The molecule has 4 rings (SSSR count). The summed E-state index contributed by atoms with van der Waals surface area (Å²) in [5, 5.41) is 25.1. The van der Waals surface area contributed by atoms with Gasteiger partial charge >= 0.3 is 0 Å². The monoisotopic (exact) mass is 350 g/mol. The Hall–Kier alpha value is -2.75. The molecule has 0 aromatic carbocycles. The highest BCUT2D eigenvalue weighted by Crippen LogP contribution is 2.29. The van der Waals surface area contributed by atoms with Crippen molar-refractivity contribution in [2.75, 3.05) is 5.32 Å². The van der Waals surface area contributed by atoms with Crippen molar-refractivity contribution < 1.29 is 0 Å². The number of hydrogen-bond donors (Lipinski definition) is 1. The van der Waals surface area contributed by atoms with Crippen molar-refractivity contribution in [2.24, 2.45) is 0 Å². The minimum atomic E-state index is 0.0303. The first-order valence-electron chi connectivity index (χ1n) is 9.34. The highest BCUT2D eigenvalue weighted by atomic mass is 16.1. The summed E-state index contributed by atoms with van der Waals surface area (Å²) in [6.45, 7) is 0. The zero-order chi connectivity index (χ0) is 17.9. The summed E-state index contributed by atoms with van der Waals surface area (Å²) < 4.78 is 1.71. The molecular weight excluding hydrogens is 328 g/mol. The van der Waals surface area contributed by atoms with Crippen LogP contribution in [-0.4, -0.2) is 26.0 Å². The number of rotatable bonds is 3. The Bertz CT molecular complexity index is 892. The summed E-state index contributed by atoms with van der Waals surface area (Å²) in [5.74, 6) is 0.544. The molecule has 0 unspecified atom stereocenters. The van der Waals surface area contributed by atoms with E-state index in [1.807, 2.05) is 0 Å². The van der Waals surface area contributed by atoms with Crippen LogP contribution in [0.3, 0.4) is 0 Å². The molecule has 26 heavy (non-hydrogen) atoms. The Morgan fingerprint density at radius 3 is 2.81 bits per heavy atom. The zero-order valence-corrected chi connectivity index (χ0v) is 14.7. The molecule has 0 spiro atoms. The van der Waals surface area contributed by atoms with Crippen LogP contribution in [0.4, 0.5) is 5.82 Å². The van der Waals surface area contributed by atoms with E-state index in [4.69, 9.17) is 10.4 Å². The molecule has 2 aliphatic rings. The number of nitrogens with one attached hydrogen (secondary N) is 1. The largest absolute Gasteiger partial charge is 0.365 e. The standard InChI is InChI=1S/C19H22N6O/c20-12-14-9-10-21-23-19(14)22-15-5-7-16(8-6-15)25-18(26)11-13-3-1-2-4-17(13)24-25/h9-11,15-16H,1-8H2,(H,22,23). The summed E-state index contributed by atoms with van der Waals surface area (Å²) in [4.78, 5) is 12.5. The van der Waals surface area contributed by atoms with Gasteiger partial charge < -0.3 is 5.32 Å². The number of aromatic nitrogens is 4. The molecule has 0 saturated heterocycles. The summed E-state index contributed by atoms with van der Waals surface area (Å²) in [6, 6.07) is 5.99. The van der Waals surface area contributed by atoms with Gasteiger partial charge in [-0.1, -0.05) is 0 Å². The van der Waals surface area contributed by atoms with E-state index in [9.17, 15) is 4.79 Å². The molecule has 0 radical (unpaired) electrons. The van der Waals surface area contributed by atoms with Crippen LogP contribution in [0.1, 0.15) is 61.4 Å². The third kappa shape index (κ3) is 3.32. The van der Waals surface area contributed by atoms with Crippen LogP contribution in [0, 0.1) is 11.3 Å². The average molecular weight is 350 g/mol. The van der Waals surface area contributed by atoms with E-state index in [0.29, 0.717) is 11.4 Å². The Morgan fingerprint density at radius 1 is 1.19 bits per heavy atom. The molecule has 2 heterocycles. The van der Waals surface area contributed by atoms with Crippen molar-refractivity contribution >= 4 is 5.82 Å². The SMILES string of the molecule is N#Cc1ccnnc1NC1CCC(n2nc3c(cc2=O)CCCC3)CC1. The van der Waals surface area contributed by atoms with Crippen molar-refractivity contribution in [3.63, 3.8) is 0 Å². The van der Waals surface area contributed by atoms with Crippen LogP contribution in [0.15, 0.2) is 23.1 Å². The van der Waals surface area contributed by atoms with Crippen molar-refractivity contribution in [3.05, 3.63) is 45.5 Å². The molecule has 0 atom stereocenters. The maximum atomic E-state index is 12.5. The molecule has 1 saturated carbocycles.